The number of nitrogens with zero attached hydrogens (tertiary/aromatic N) is 1. The van der Waals surface area contributed by atoms with Crippen LogP contribution in [-0.4, -0.2) is 47.7 Å². The van der Waals surface area contributed by atoms with Crippen LogP contribution in [0.2, 0.25) is 0 Å². The molecule has 140 valence electrons. The predicted octanol–water partition coefficient (Wildman–Crippen LogP) is 3.30. The summed E-state index contributed by atoms with van der Waals surface area (Å²) in [6, 6.07) is 8.13. The van der Waals surface area contributed by atoms with E-state index in [2.05, 4.69) is 12.1 Å². The number of amides is 1. The topological polar surface area (TPSA) is 66.8 Å². The molecule has 0 bridgehead atoms. The lowest BCUT2D eigenvalue weighted by molar-refractivity contribution is -0.145. The molecule has 0 radical (unpaired) electrons. The number of carbonyl (C=O) groups excluding carboxylic acids is 1. The lowest BCUT2D eigenvalue weighted by Crippen LogP contribution is -2.43. The average Bonchev–Trinajstić information content (AvgIpc) is 3.10. The Morgan fingerprint density at radius 3 is 2.27 bits per heavy atom. The zero-order valence-corrected chi connectivity index (χ0v) is 15.1. The fourth-order valence-electron chi connectivity index (χ4n) is 4.59. The van der Waals surface area contributed by atoms with Gasteiger partial charge >= 0.3 is 5.97 Å². The van der Waals surface area contributed by atoms with Gasteiger partial charge in [-0.15, -0.1) is 0 Å². The van der Waals surface area contributed by atoms with Gasteiger partial charge in [0.05, 0.1) is 12.0 Å². The van der Waals surface area contributed by atoms with Crippen molar-refractivity contribution in [1.82, 2.24) is 4.90 Å². The third-order valence-corrected chi connectivity index (χ3v) is 6.48. The second-order valence-electron chi connectivity index (χ2n) is 7.95. The van der Waals surface area contributed by atoms with Crippen molar-refractivity contribution in [2.45, 2.75) is 50.5 Å². The van der Waals surface area contributed by atoms with E-state index in [0.717, 1.165) is 18.4 Å². The highest BCUT2D eigenvalue weighted by Crippen LogP contribution is 2.36. The van der Waals surface area contributed by atoms with Crippen LogP contribution < -0.4 is 0 Å². The highest BCUT2D eigenvalue weighted by Gasteiger charge is 2.40. The fraction of sp³-hybridized carbons (Fsp3) is 0.619. The number of piperidine rings is 1. The van der Waals surface area contributed by atoms with Gasteiger partial charge in [-0.1, -0.05) is 18.6 Å². The van der Waals surface area contributed by atoms with E-state index in [9.17, 15) is 14.7 Å². The number of hydrogen-bond acceptors (Lipinski definition) is 3. The van der Waals surface area contributed by atoms with Gasteiger partial charge in [-0.05, 0) is 61.6 Å². The Balaban J connectivity index is 1.34. The largest absolute Gasteiger partial charge is 0.481 e. The number of carboxylic acids is 1. The molecule has 5 heteroatoms. The number of aliphatic carboxylic acids is 1. The molecule has 2 heterocycles. The molecule has 2 aliphatic heterocycles. The van der Waals surface area contributed by atoms with Gasteiger partial charge in [-0.3, -0.25) is 9.59 Å². The minimum Gasteiger partial charge on any atom is -0.481 e. The Kier molecular flexibility index (Phi) is 4.98. The van der Waals surface area contributed by atoms with Gasteiger partial charge in [0, 0.05) is 25.3 Å². The van der Waals surface area contributed by atoms with Gasteiger partial charge in [-0.2, -0.15) is 0 Å². The minimum absolute atomic E-state index is 0.0886. The highest BCUT2D eigenvalue weighted by molar-refractivity contribution is 5.94. The van der Waals surface area contributed by atoms with Crippen LogP contribution in [0.25, 0.3) is 0 Å². The number of carbonyl (C=O) groups is 2. The van der Waals surface area contributed by atoms with Crippen molar-refractivity contribution < 1.29 is 19.4 Å². The normalized spacial score (nSPS) is 27.3. The maximum Gasteiger partial charge on any atom is 0.309 e. The van der Waals surface area contributed by atoms with Crippen molar-refractivity contribution in [2.75, 3.05) is 19.7 Å². The summed E-state index contributed by atoms with van der Waals surface area (Å²) < 4.78 is 5.71. The first-order valence-corrected chi connectivity index (χ1v) is 9.87. The van der Waals surface area contributed by atoms with Crippen molar-refractivity contribution in [1.29, 1.82) is 0 Å². The van der Waals surface area contributed by atoms with Crippen LogP contribution in [0.5, 0.6) is 0 Å². The standard InChI is InChI=1S/C21H27NO4/c23-20(17-6-4-15(5-7-17)14-2-1-3-14)22-11-8-16(9-12-22)19-18(21(24)25)10-13-26-19/h4-7,14,16,18-19H,1-3,8-13H2,(H,24,25)/t18?,19-/m0/s1. The van der Waals surface area contributed by atoms with Crippen molar-refractivity contribution in [3.05, 3.63) is 35.4 Å². The highest BCUT2D eigenvalue weighted by atomic mass is 16.5. The molecule has 0 spiro atoms. The van der Waals surface area contributed by atoms with E-state index in [-0.39, 0.29) is 23.8 Å². The van der Waals surface area contributed by atoms with Gasteiger partial charge < -0.3 is 14.7 Å². The van der Waals surface area contributed by atoms with E-state index in [1.54, 1.807) is 0 Å². The zero-order valence-electron chi connectivity index (χ0n) is 15.1. The monoisotopic (exact) mass is 357 g/mol. The summed E-state index contributed by atoms with van der Waals surface area (Å²) in [6.45, 7) is 1.90. The van der Waals surface area contributed by atoms with E-state index < -0.39 is 5.97 Å². The van der Waals surface area contributed by atoms with E-state index in [4.69, 9.17) is 4.74 Å². The Hall–Kier alpha value is -1.88. The molecule has 1 aliphatic carbocycles. The molecule has 2 atom stereocenters. The lowest BCUT2D eigenvalue weighted by atomic mass is 9.80. The van der Waals surface area contributed by atoms with Gasteiger partial charge in [0.25, 0.3) is 5.91 Å². The predicted molar refractivity (Wildman–Crippen MR) is 97.1 cm³/mol. The molecule has 1 saturated carbocycles. The third-order valence-electron chi connectivity index (χ3n) is 6.48. The Labute approximate surface area is 154 Å². The second kappa shape index (κ2) is 7.39. The summed E-state index contributed by atoms with van der Waals surface area (Å²) in [5.41, 5.74) is 2.11. The first kappa shape index (κ1) is 17.5. The molecular weight excluding hydrogens is 330 g/mol. The summed E-state index contributed by atoms with van der Waals surface area (Å²) in [7, 11) is 0. The van der Waals surface area contributed by atoms with Crippen LogP contribution in [0.15, 0.2) is 24.3 Å². The van der Waals surface area contributed by atoms with Crippen molar-refractivity contribution in [2.24, 2.45) is 11.8 Å². The van der Waals surface area contributed by atoms with Gasteiger partial charge in [0.2, 0.25) is 0 Å². The van der Waals surface area contributed by atoms with Crippen LogP contribution in [0.4, 0.5) is 0 Å². The molecule has 3 aliphatic rings. The molecule has 4 rings (SSSR count). The third kappa shape index (κ3) is 3.37. The lowest BCUT2D eigenvalue weighted by Gasteiger charge is -2.35. The summed E-state index contributed by atoms with van der Waals surface area (Å²) in [6.07, 6.45) is 5.90. The minimum atomic E-state index is -0.752. The number of ether oxygens (including phenoxy) is 1. The maximum absolute atomic E-state index is 12.8. The fourth-order valence-corrected chi connectivity index (χ4v) is 4.59. The van der Waals surface area contributed by atoms with Crippen LogP contribution >= 0.6 is 0 Å². The van der Waals surface area contributed by atoms with Crippen LogP contribution in [0.3, 0.4) is 0 Å². The Bertz CT molecular complexity index is 659. The average molecular weight is 357 g/mol. The number of rotatable bonds is 4. The summed E-state index contributed by atoms with van der Waals surface area (Å²) in [5.74, 6) is -0.128. The molecule has 1 aromatic rings. The van der Waals surface area contributed by atoms with E-state index in [0.29, 0.717) is 32.0 Å². The Morgan fingerprint density at radius 1 is 1.00 bits per heavy atom. The van der Waals surface area contributed by atoms with Crippen molar-refractivity contribution >= 4 is 11.9 Å². The van der Waals surface area contributed by atoms with Gasteiger partial charge in [-0.25, -0.2) is 0 Å². The first-order chi connectivity index (χ1) is 12.6. The summed E-state index contributed by atoms with van der Waals surface area (Å²) in [4.78, 5) is 26.0. The smallest absolute Gasteiger partial charge is 0.309 e. The maximum atomic E-state index is 12.8. The van der Waals surface area contributed by atoms with E-state index in [1.165, 1.54) is 24.8 Å². The van der Waals surface area contributed by atoms with E-state index >= 15 is 0 Å². The molecule has 0 aromatic heterocycles. The van der Waals surface area contributed by atoms with Crippen molar-refractivity contribution in [3.8, 4) is 0 Å². The second-order valence-corrected chi connectivity index (χ2v) is 7.95. The molecule has 26 heavy (non-hydrogen) atoms. The molecule has 1 N–H and O–H groups in total. The SMILES string of the molecule is O=C(O)C1CCO[C@H]1C1CCN(C(=O)c2ccc(C3CCC3)cc2)CC1. The molecule has 1 amide bonds. The van der Waals surface area contributed by atoms with Gasteiger partial charge in [0.1, 0.15) is 0 Å². The number of hydrogen-bond donors (Lipinski definition) is 1. The number of carboxylic acid groups (broad SMARTS) is 1. The summed E-state index contributed by atoms with van der Waals surface area (Å²) >= 11 is 0. The molecule has 5 nitrogen and oxygen atoms in total. The first-order valence-electron chi connectivity index (χ1n) is 9.87. The number of likely N-dealkylation sites (tertiary alicyclic amines) is 1. The molecule has 2 saturated heterocycles. The van der Waals surface area contributed by atoms with E-state index in [1.807, 2.05) is 17.0 Å². The molecule has 1 aromatic carbocycles. The molecule has 3 fully saturated rings. The quantitative estimate of drug-likeness (QED) is 0.898. The van der Waals surface area contributed by atoms with Crippen molar-refractivity contribution in [3.63, 3.8) is 0 Å². The van der Waals surface area contributed by atoms with Crippen LogP contribution in [-0.2, 0) is 9.53 Å². The molecular formula is C21H27NO4. The number of benzene rings is 1. The Morgan fingerprint density at radius 2 is 1.69 bits per heavy atom. The van der Waals surface area contributed by atoms with Crippen LogP contribution in [0.1, 0.15) is 60.4 Å². The van der Waals surface area contributed by atoms with Crippen LogP contribution in [0, 0.1) is 11.8 Å². The van der Waals surface area contributed by atoms with Gasteiger partial charge in [0.15, 0.2) is 0 Å². The molecule has 1 unspecified atom stereocenters. The summed E-state index contributed by atoms with van der Waals surface area (Å²) in [5, 5.41) is 9.34. The zero-order chi connectivity index (χ0) is 18.1.